The Morgan fingerprint density at radius 3 is 0.823 bits per heavy atom. The average Bonchev–Trinajstić information content (AvgIpc) is 4.52. The van der Waals surface area contributed by atoms with Crippen LogP contribution in [0.3, 0.4) is 0 Å². The minimum absolute atomic E-state index is 0.0351. The van der Waals surface area contributed by atoms with Crippen molar-refractivity contribution in [2.45, 2.75) is 81.5 Å². The van der Waals surface area contributed by atoms with Crippen molar-refractivity contribution in [1.29, 1.82) is 0 Å². The van der Waals surface area contributed by atoms with Crippen molar-refractivity contribution in [1.82, 2.24) is 0 Å². The summed E-state index contributed by atoms with van der Waals surface area (Å²) in [5, 5.41) is 0. The maximum atomic E-state index is 2.52. The molecule has 2 heteroatoms. The molecule has 0 aliphatic heterocycles. The molecule has 0 aromatic heterocycles. The lowest BCUT2D eigenvalue weighted by atomic mass is 9.76. The smallest absolute Gasteiger partial charge is 0.0465 e. The second-order valence-electron chi connectivity index (χ2n) is 23.6. The first-order valence-electron chi connectivity index (χ1n) is 28.9. The molecule has 0 bridgehead atoms. The van der Waals surface area contributed by atoms with Crippen molar-refractivity contribution in [3.05, 3.63) is 286 Å². The van der Waals surface area contributed by atoms with Gasteiger partial charge in [0.15, 0.2) is 0 Å². The lowest BCUT2D eigenvalue weighted by Crippen LogP contribution is -2.21. The molecule has 0 saturated heterocycles. The van der Waals surface area contributed by atoms with Crippen LogP contribution >= 0.6 is 0 Å². The summed E-state index contributed by atoms with van der Waals surface area (Å²) in [6, 6.07) is 86.5. The molecule has 2 saturated carbocycles. The van der Waals surface area contributed by atoms with Crippen LogP contribution in [0, 0.1) is 0 Å². The van der Waals surface area contributed by atoms with Crippen molar-refractivity contribution in [3.63, 3.8) is 0 Å². The van der Waals surface area contributed by atoms with E-state index in [2.05, 4.69) is 278 Å². The van der Waals surface area contributed by atoms with E-state index in [4.69, 9.17) is 0 Å². The third kappa shape index (κ3) is 7.74. The van der Waals surface area contributed by atoms with Crippen LogP contribution in [0.25, 0.3) is 57.7 Å². The molecular weight excluding hydrogens is 953 g/mol. The molecule has 5 aliphatic carbocycles. The minimum atomic E-state index is -0.133. The number of hydrogen-bond donors (Lipinski definition) is 0. The number of hydrogen-bond acceptors (Lipinski definition) is 2. The van der Waals surface area contributed by atoms with Crippen molar-refractivity contribution in [3.8, 4) is 33.4 Å². The Labute approximate surface area is 466 Å². The number of nitrogens with zero attached hydrogens (tertiary/aromatic N) is 2. The molecular formula is C77H64N2. The third-order valence-corrected chi connectivity index (χ3v) is 18.9. The third-order valence-electron chi connectivity index (χ3n) is 18.9. The van der Waals surface area contributed by atoms with Crippen LogP contribution in [-0.4, -0.2) is 0 Å². The van der Waals surface area contributed by atoms with Gasteiger partial charge in [-0.3, -0.25) is 0 Å². The van der Waals surface area contributed by atoms with Gasteiger partial charge in [-0.2, -0.15) is 0 Å². The molecule has 2 spiro atoms. The molecule has 2 nitrogen and oxygen atoms in total. The summed E-state index contributed by atoms with van der Waals surface area (Å²) >= 11 is 0. The lowest BCUT2D eigenvalue weighted by molar-refractivity contribution is 0.550. The SMILES string of the molecule is CC1(C)c2cc(C=Cc3ccc4c(c3)C3(CCCC3)c3cc(N(c5ccccc5)c5ccccc5)ccc3-4)ccc2-c2ccc(C=Cc3ccc4c(c3)C3(CCCC3)c3cc(N(c5ccccc5)c5ccccc5)ccc3-4)cc21. The number of para-hydroxylation sites is 4. The van der Waals surface area contributed by atoms with Crippen LogP contribution in [-0.2, 0) is 16.2 Å². The highest BCUT2D eigenvalue weighted by Gasteiger charge is 2.47. The van der Waals surface area contributed by atoms with Crippen molar-refractivity contribution < 1.29 is 0 Å². The van der Waals surface area contributed by atoms with Crippen molar-refractivity contribution >= 4 is 58.4 Å². The standard InChI is InChI=1S/C77H64N2/c1-75(2)69-47-53(27-29-55-33-39-65-67-41-35-61(51-73(67)76(71(65)49-55)43-15-16-44-76)78(57-19-7-3-8-20-57)58-21-9-4-10-22-58)31-37-63(69)64-38-32-54(48-70(64)75)28-30-56-34-40-66-68-42-36-62(52-74(68)77(72(66)50-56)45-17-18-46-77)79(59-23-11-5-12-24-59)60-25-13-6-14-26-60/h3-14,19-42,47-52H,15-18,43-46H2,1-2H3. The largest absolute Gasteiger partial charge is 0.310 e. The normalized spacial score (nSPS) is 16.3. The molecule has 0 atom stereocenters. The van der Waals surface area contributed by atoms with Crippen molar-refractivity contribution in [2.24, 2.45) is 0 Å². The topological polar surface area (TPSA) is 6.48 Å². The Balaban J connectivity index is 0.686. The van der Waals surface area contributed by atoms with E-state index >= 15 is 0 Å². The second kappa shape index (κ2) is 18.7. The van der Waals surface area contributed by atoms with Gasteiger partial charge in [0, 0.05) is 50.4 Å². The van der Waals surface area contributed by atoms with Gasteiger partial charge in [-0.25, -0.2) is 0 Å². The molecule has 10 aromatic carbocycles. The zero-order valence-electron chi connectivity index (χ0n) is 45.3. The summed E-state index contributed by atoms with van der Waals surface area (Å²) in [4.78, 5) is 4.82. The van der Waals surface area contributed by atoms with E-state index in [1.807, 2.05) is 0 Å². The van der Waals surface area contributed by atoms with Crippen LogP contribution in [0.5, 0.6) is 0 Å². The van der Waals surface area contributed by atoms with E-state index < -0.39 is 0 Å². The van der Waals surface area contributed by atoms with E-state index in [0.29, 0.717) is 0 Å². The van der Waals surface area contributed by atoms with Gasteiger partial charge >= 0.3 is 0 Å². The quantitative estimate of drug-likeness (QED) is 0.126. The Kier molecular flexibility index (Phi) is 11.3. The summed E-state index contributed by atoms with van der Waals surface area (Å²) in [7, 11) is 0. The van der Waals surface area contributed by atoms with Gasteiger partial charge in [0.05, 0.1) is 0 Å². The fourth-order valence-corrected chi connectivity index (χ4v) is 15.1. The van der Waals surface area contributed by atoms with E-state index in [-0.39, 0.29) is 16.2 Å². The predicted molar refractivity (Wildman–Crippen MR) is 333 cm³/mol. The van der Waals surface area contributed by atoms with E-state index in [0.717, 1.165) is 0 Å². The van der Waals surface area contributed by atoms with Gasteiger partial charge in [-0.15, -0.1) is 0 Å². The highest BCUT2D eigenvalue weighted by Crippen LogP contribution is 2.60. The van der Waals surface area contributed by atoms with Gasteiger partial charge in [0.2, 0.25) is 0 Å². The molecule has 0 heterocycles. The van der Waals surface area contributed by atoms with Crippen LogP contribution in [0.1, 0.15) is 121 Å². The first-order chi connectivity index (χ1) is 38.8. The molecule has 0 amide bonds. The number of anilines is 6. The maximum absolute atomic E-state index is 2.52. The lowest BCUT2D eigenvalue weighted by Gasteiger charge is -2.30. The summed E-state index contributed by atoms with van der Waals surface area (Å²) in [5.74, 6) is 0. The summed E-state index contributed by atoms with van der Waals surface area (Å²) in [6.07, 6.45) is 19.1. The van der Waals surface area contributed by atoms with Crippen LogP contribution in [0.2, 0.25) is 0 Å². The van der Waals surface area contributed by atoms with E-state index in [1.54, 1.807) is 0 Å². The number of rotatable bonds is 10. The van der Waals surface area contributed by atoms with Gasteiger partial charge in [-0.1, -0.05) is 222 Å². The predicted octanol–water partition coefficient (Wildman–Crippen LogP) is 21.0. The fourth-order valence-electron chi connectivity index (χ4n) is 15.1. The monoisotopic (exact) mass is 1020 g/mol. The molecule has 5 aliphatic rings. The highest BCUT2D eigenvalue weighted by molar-refractivity contribution is 5.90. The van der Waals surface area contributed by atoms with Crippen LogP contribution < -0.4 is 9.80 Å². The molecule has 10 aromatic rings. The van der Waals surface area contributed by atoms with Gasteiger partial charge in [-0.05, 0) is 187 Å². The molecule has 0 radical (unpaired) electrons. The second-order valence-corrected chi connectivity index (χ2v) is 23.6. The Bertz CT molecular complexity index is 3700. The first-order valence-corrected chi connectivity index (χ1v) is 28.9. The van der Waals surface area contributed by atoms with Crippen LogP contribution in [0.15, 0.2) is 231 Å². The summed E-state index contributed by atoms with van der Waals surface area (Å²) in [6.45, 7) is 4.82. The molecule has 2 fully saturated rings. The summed E-state index contributed by atoms with van der Waals surface area (Å²) in [5.41, 5.74) is 29.2. The number of fused-ring (bicyclic) bond motifs is 13. The molecule has 15 rings (SSSR count). The molecule has 79 heavy (non-hydrogen) atoms. The van der Waals surface area contributed by atoms with E-state index in [1.165, 1.54) is 175 Å². The van der Waals surface area contributed by atoms with Crippen LogP contribution in [0.4, 0.5) is 34.1 Å². The minimum Gasteiger partial charge on any atom is -0.310 e. The average molecular weight is 1020 g/mol. The van der Waals surface area contributed by atoms with Gasteiger partial charge in [0.25, 0.3) is 0 Å². The zero-order valence-corrected chi connectivity index (χ0v) is 45.3. The maximum Gasteiger partial charge on any atom is 0.0465 e. The Morgan fingerprint density at radius 2 is 0.519 bits per heavy atom. The molecule has 0 unspecified atom stereocenters. The molecule has 0 N–H and O–H groups in total. The Hall–Kier alpha value is -8.72. The van der Waals surface area contributed by atoms with Crippen molar-refractivity contribution in [2.75, 3.05) is 9.80 Å². The van der Waals surface area contributed by atoms with Gasteiger partial charge < -0.3 is 9.80 Å². The zero-order chi connectivity index (χ0) is 52.7. The van der Waals surface area contributed by atoms with Gasteiger partial charge in [0.1, 0.15) is 0 Å². The number of benzene rings is 10. The Morgan fingerprint density at radius 1 is 0.266 bits per heavy atom. The van der Waals surface area contributed by atoms with E-state index in [9.17, 15) is 0 Å². The molecule has 382 valence electrons. The highest BCUT2D eigenvalue weighted by atomic mass is 15.1. The first kappa shape index (κ1) is 47.5. The summed E-state index contributed by atoms with van der Waals surface area (Å²) < 4.78 is 0. The fraction of sp³-hybridized carbons (Fsp3) is 0.169.